The van der Waals surface area contributed by atoms with Crippen LogP contribution < -0.4 is 15.6 Å². The molecule has 0 saturated heterocycles. The van der Waals surface area contributed by atoms with Crippen molar-refractivity contribution in [1.29, 1.82) is 0 Å². The van der Waals surface area contributed by atoms with Gasteiger partial charge in [-0.05, 0) is 32.0 Å². The highest BCUT2D eigenvalue weighted by molar-refractivity contribution is 5.88. The summed E-state index contributed by atoms with van der Waals surface area (Å²) in [6.45, 7) is 4.66. The predicted molar refractivity (Wildman–Crippen MR) is 88.9 cm³/mol. The van der Waals surface area contributed by atoms with Gasteiger partial charge in [-0.1, -0.05) is 6.07 Å². The second-order valence-corrected chi connectivity index (χ2v) is 5.54. The van der Waals surface area contributed by atoms with Crippen LogP contribution >= 0.6 is 0 Å². The summed E-state index contributed by atoms with van der Waals surface area (Å²) in [4.78, 5) is 24.1. The fourth-order valence-electron chi connectivity index (χ4n) is 2.29. The van der Waals surface area contributed by atoms with Crippen molar-refractivity contribution in [2.75, 3.05) is 20.3 Å². The van der Waals surface area contributed by atoms with Crippen LogP contribution in [0, 0.1) is 0 Å². The van der Waals surface area contributed by atoms with Crippen LogP contribution in [0.1, 0.15) is 13.8 Å². The van der Waals surface area contributed by atoms with Crippen molar-refractivity contribution in [3.8, 4) is 5.75 Å². The highest BCUT2D eigenvalue weighted by Crippen LogP contribution is 2.23. The second kappa shape index (κ2) is 7.78. The SMILES string of the molecule is COCCn1ccc2c(OCC(=O)NC(C)C)cccc2c1=O. The molecule has 2 aromatic rings. The molecule has 0 spiro atoms. The monoisotopic (exact) mass is 318 g/mol. The number of hydrogen-bond acceptors (Lipinski definition) is 4. The molecule has 0 saturated carbocycles. The molecule has 0 aliphatic carbocycles. The van der Waals surface area contributed by atoms with Gasteiger partial charge < -0.3 is 19.4 Å². The Balaban J connectivity index is 2.23. The quantitative estimate of drug-likeness (QED) is 0.841. The van der Waals surface area contributed by atoms with E-state index < -0.39 is 0 Å². The molecule has 2 rings (SSSR count). The zero-order chi connectivity index (χ0) is 16.8. The lowest BCUT2D eigenvalue weighted by molar-refractivity contribution is -0.123. The van der Waals surface area contributed by atoms with Crippen molar-refractivity contribution in [3.63, 3.8) is 0 Å². The summed E-state index contributed by atoms with van der Waals surface area (Å²) in [6, 6.07) is 7.14. The molecule has 23 heavy (non-hydrogen) atoms. The van der Waals surface area contributed by atoms with Gasteiger partial charge in [0.05, 0.1) is 12.0 Å². The summed E-state index contributed by atoms with van der Waals surface area (Å²) in [5.41, 5.74) is -0.100. The first-order valence-corrected chi connectivity index (χ1v) is 7.56. The maximum absolute atomic E-state index is 12.4. The number of nitrogens with zero attached hydrogens (tertiary/aromatic N) is 1. The number of benzene rings is 1. The number of methoxy groups -OCH3 is 1. The molecule has 0 unspecified atom stereocenters. The van der Waals surface area contributed by atoms with Gasteiger partial charge in [-0.15, -0.1) is 0 Å². The van der Waals surface area contributed by atoms with E-state index in [1.807, 2.05) is 19.9 Å². The van der Waals surface area contributed by atoms with Crippen LogP contribution in [0.25, 0.3) is 10.8 Å². The molecule has 1 aromatic heterocycles. The van der Waals surface area contributed by atoms with Gasteiger partial charge in [-0.3, -0.25) is 9.59 Å². The van der Waals surface area contributed by atoms with Gasteiger partial charge in [0.15, 0.2) is 6.61 Å². The Hall–Kier alpha value is -2.34. The Labute approximate surface area is 135 Å². The summed E-state index contributed by atoms with van der Waals surface area (Å²) < 4.78 is 12.2. The van der Waals surface area contributed by atoms with Gasteiger partial charge >= 0.3 is 0 Å². The number of amides is 1. The van der Waals surface area contributed by atoms with E-state index in [0.717, 1.165) is 0 Å². The lowest BCUT2D eigenvalue weighted by atomic mass is 10.1. The van der Waals surface area contributed by atoms with E-state index in [0.29, 0.717) is 29.7 Å². The van der Waals surface area contributed by atoms with Crippen LogP contribution in [0.2, 0.25) is 0 Å². The molecule has 1 amide bonds. The summed E-state index contributed by atoms with van der Waals surface area (Å²) in [6.07, 6.45) is 1.71. The number of pyridine rings is 1. The number of hydrogen-bond donors (Lipinski definition) is 1. The zero-order valence-corrected chi connectivity index (χ0v) is 13.7. The third-order valence-electron chi connectivity index (χ3n) is 3.32. The van der Waals surface area contributed by atoms with E-state index in [-0.39, 0.29) is 24.1 Å². The highest BCUT2D eigenvalue weighted by Gasteiger charge is 2.09. The molecular weight excluding hydrogens is 296 g/mol. The van der Waals surface area contributed by atoms with Crippen molar-refractivity contribution in [1.82, 2.24) is 9.88 Å². The molecule has 0 aliphatic heterocycles. The topological polar surface area (TPSA) is 69.6 Å². The van der Waals surface area contributed by atoms with Gasteiger partial charge in [0.1, 0.15) is 5.75 Å². The first-order chi connectivity index (χ1) is 11.0. The average molecular weight is 318 g/mol. The first kappa shape index (κ1) is 17.0. The minimum atomic E-state index is -0.189. The Kier molecular flexibility index (Phi) is 5.76. The van der Waals surface area contributed by atoms with Crippen LogP contribution in [0.4, 0.5) is 0 Å². The minimum Gasteiger partial charge on any atom is -0.483 e. The van der Waals surface area contributed by atoms with Gasteiger partial charge in [0.2, 0.25) is 0 Å². The number of nitrogens with one attached hydrogen (secondary N) is 1. The molecule has 0 aliphatic rings. The zero-order valence-electron chi connectivity index (χ0n) is 13.7. The number of aromatic nitrogens is 1. The molecule has 6 nitrogen and oxygen atoms in total. The Morgan fingerprint density at radius 1 is 1.26 bits per heavy atom. The maximum atomic E-state index is 12.4. The van der Waals surface area contributed by atoms with Gasteiger partial charge in [0.25, 0.3) is 11.5 Å². The van der Waals surface area contributed by atoms with E-state index >= 15 is 0 Å². The Morgan fingerprint density at radius 3 is 2.74 bits per heavy atom. The normalized spacial score (nSPS) is 11.0. The molecular formula is C17H22N2O4. The number of fused-ring (bicyclic) bond motifs is 1. The highest BCUT2D eigenvalue weighted by atomic mass is 16.5. The van der Waals surface area contributed by atoms with Crippen molar-refractivity contribution in [2.24, 2.45) is 0 Å². The molecule has 0 fully saturated rings. The molecule has 0 atom stereocenters. The van der Waals surface area contributed by atoms with E-state index in [1.54, 1.807) is 36.1 Å². The molecule has 6 heteroatoms. The number of rotatable bonds is 7. The Bertz CT molecular complexity index is 737. The largest absolute Gasteiger partial charge is 0.483 e. The molecule has 1 N–H and O–H groups in total. The van der Waals surface area contributed by atoms with Crippen LogP contribution in [0.5, 0.6) is 5.75 Å². The fourth-order valence-corrected chi connectivity index (χ4v) is 2.29. The van der Waals surface area contributed by atoms with Crippen molar-refractivity contribution in [2.45, 2.75) is 26.4 Å². The second-order valence-electron chi connectivity index (χ2n) is 5.54. The van der Waals surface area contributed by atoms with E-state index in [2.05, 4.69) is 5.32 Å². The molecule has 1 heterocycles. The Morgan fingerprint density at radius 2 is 2.04 bits per heavy atom. The minimum absolute atomic E-state index is 0.0617. The number of carbonyl (C=O) groups is 1. The number of ether oxygens (including phenoxy) is 2. The molecule has 124 valence electrons. The molecule has 0 bridgehead atoms. The van der Waals surface area contributed by atoms with E-state index in [9.17, 15) is 9.59 Å². The van der Waals surface area contributed by atoms with Gasteiger partial charge in [-0.2, -0.15) is 0 Å². The summed E-state index contributed by atoms with van der Waals surface area (Å²) in [5.74, 6) is 0.336. The van der Waals surface area contributed by atoms with Gasteiger partial charge in [0, 0.05) is 31.3 Å². The van der Waals surface area contributed by atoms with Gasteiger partial charge in [-0.25, -0.2) is 0 Å². The number of carbonyl (C=O) groups excluding carboxylic acids is 1. The fraction of sp³-hybridized carbons (Fsp3) is 0.412. The van der Waals surface area contributed by atoms with E-state index in [1.165, 1.54) is 0 Å². The van der Waals surface area contributed by atoms with Crippen LogP contribution in [0.15, 0.2) is 35.3 Å². The predicted octanol–water partition coefficient (Wildman–Crippen LogP) is 1.55. The molecule has 0 radical (unpaired) electrons. The lowest BCUT2D eigenvalue weighted by Gasteiger charge is -2.12. The van der Waals surface area contributed by atoms with Crippen LogP contribution in [0.3, 0.4) is 0 Å². The lowest BCUT2D eigenvalue weighted by Crippen LogP contribution is -2.34. The van der Waals surface area contributed by atoms with Crippen LogP contribution in [-0.4, -0.2) is 36.8 Å². The van der Waals surface area contributed by atoms with Crippen molar-refractivity contribution in [3.05, 3.63) is 40.8 Å². The standard InChI is InChI=1S/C17H22N2O4/c1-12(2)18-16(20)11-23-15-6-4-5-14-13(15)7-8-19(17(14)21)9-10-22-3/h4-8,12H,9-11H2,1-3H3,(H,18,20). The summed E-state index contributed by atoms with van der Waals surface area (Å²) >= 11 is 0. The third kappa shape index (κ3) is 4.32. The maximum Gasteiger partial charge on any atom is 0.258 e. The molecule has 1 aromatic carbocycles. The summed E-state index contributed by atoms with van der Waals surface area (Å²) in [7, 11) is 1.60. The first-order valence-electron chi connectivity index (χ1n) is 7.56. The van der Waals surface area contributed by atoms with E-state index in [4.69, 9.17) is 9.47 Å². The van der Waals surface area contributed by atoms with Crippen molar-refractivity contribution < 1.29 is 14.3 Å². The average Bonchev–Trinajstić information content (AvgIpc) is 2.52. The smallest absolute Gasteiger partial charge is 0.258 e. The van der Waals surface area contributed by atoms with Crippen LogP contribution in [-0.2, 0) is 16.1 Å². The summed E-state index contributed by atoms with van der Waals surface area (Å²) in [5, 5.41) is 4.02. The third-order valence-corrected chi connectivity index (χ3v) is 3.32. The van der Waals surface area contributed by atoms with Crippen molar-refractivity contribution >= 4 is 16.7 Å².